The van der Waals surface area contributed by atoms with Crippen molar-refractivity contribution in [1.29, 1.82) is 0 Å². The highest BCUT2D eigenvalue weighted by molar-refractivity contribution is 5.94. The van der Waals surface area contributed by atoms with Crippen LogP contribution in [0.1, 0.15) is 40.9 Å². The normalized spacial score (nSPS) is 18.9. The summed E-state index contributed by atoms with van der Waals surface area (Å²) in [6.45, 7) is 3.80. The van der Waals surface area contributed by atoms with E-state index >= 15 is 0 Å². The molecule has 1 saturated heterocycles. The van der Waals surface area contributed by atoms with Crippen LogP contribution in [-0.4, -0.2) is 46.9 Å². The Kier molecular flexibility index (Phi) is 5.03. The Hall–Kier alpha value is -2.89. The van der Waals surface area contributed by atoms with E-state index in [2.05, 4.69) is 27.8 Å². The fraction of sp³-hybridized carbons (Fsp3) is 0.409. The number of aryl methyl sites for hydroxylation is 1. The maximum absolute atomic E-state index is 12.9. The van der Waals surface area contributed by atoms with E-state index in [0.717, 1.165) is 30.6 Å². The molecule has 1 aromatic carbocycles. The van der Waals surface area contributed by atoms with Crippen molar-refractivity contribution in [3.63, 3.8) is 0 Å². The van der Waals surface area contributed by atoms with Crippen LogP contribution in [0.25, 0.3) is 0 Å². The number of nitrogens with one attached hydrogen (secondary N) is 2. The van der Waals surface area contributed by atoms with E-state index in [1.807, 2.05) is 30.0 Å². The average Bonchev–Trinajstić information content (AvgIpc) is 2.75. The highest BCUT2D eigenvalue weighted by atomic mass is 16.2. The number of pyridine rings is 1. The topological polar surface area (TPSA) is 74.3 Å². The Morgan fingerprint density at radius 1 is 1.18 bits per heavy atom. The molecule has 0 aliphatic carbocycles. The number of hydrogen-bond donors (Lipinski definition) is 2. The van der Waals surface area contributed by atoms with Gasteiger partial charge in [0.25, 0.3) is 5.91 Å². The minimum atomic E-state index is -0.324. The zero-order valence-electron chi connectivity index (χ0n) is 16.2. The summed E-state index contributed by atoms with van der Waals surface area (Å²) in [6.07, 6.45) is 4.40. The maximum atomic E-state index is 12.9. The molecule has 1 fully saturated rings. The number of hydrogen-bond acceptors (Lipinski definition) is 4. The first-order valence-corrected chi connectivity index (χ1v) is 9.89. The first kappa shape index (κ1) is 18.5. The van der Waals surface area contributed by atoms with Crippen molar-refractivity contribution >= 4 is 17.5 Å². The third kappa shape index (κ3) is 3.86. The molecule has 28 heavy (non-hydrogen) atoms. The number of fused-ring (bicyclic) bond motifs is 1. The average molecular weight is 378 g/mol. The molecule has 2 amide bonds. The Morgan fingerprint density at radius 3 is 2.75 bits per heavy atom. The molecular weight excluding hydrogens is 352 g/mol. The molecule has 0 unspecified atom stereocenters. The van der Waals surface area contributed by atoms with Gasteiger partial charge in [-0.1, -0.05) is 18.2 Å². The standard InChI is InChI=1S/C22H26N4O2/c1-16-14-18(7-10-23-16)21(28)26-12-8-22(9-13-26)15-20(27)24-11-6-17-4-2-3-5-19(17)25-22/h2-5,7,10,14,25H,6,8-9,11-13,15H2,1H3,(H,24,27). The van der Waals surface area contributed by atoms with Crippen LogP contribution in [0.15, 0.2) is 42.6 Å². The number of amides is 2. The fourth-order valence-electron chi connectivity index (χ4n) is 4.20. The van der Waals surface area contributed by atoms with Crippen LogP contribution in [0.4, 0.5) is 5.69 Å². The highest BCUT2D eigenvalue weighted by Gasteiger charge is 2.38. The van der Waals surface area contributed by atoms with E-state index in [-0.39, 0.29) is 17.4 Å². The van der Waals surface area contributed by atoms with Gasteiger partial charge in [0.15, 0.2) is 0 Å². The molecule has 1 spiro atoms. The second kappa shape index (κ2) is 7.62. The van der Waals surface area contributed by atoms with Crippen LogP contribution < -0.4 is 10.6 Å². The number of nitrogens with zero attached hydrogens (tertiary/aromatic N) is 2. The first-order chi connectivity index (χ1) is 13.5. The summed E-state index contributed by atoms with van der Waals surface area (Å²) in [5, 5.41) is 6.72. The predicted molar refractivity (Wildman–Crippen MR) is 108 cm³/mol. The molecule has 0 radical (unpaired) electrons. The number of anilines is 1. The largest absolute Gasteiger partial charge is 0.379 e. The maximum Gasteiger partial charge on any atom is 0.253 e. The van der Waals surface area contributed by atoms with Gasteiger partial charge >= 0.3 is 0 Å². The monoisotopic (exact) mass is 378 g/mol. The van der Waals surface area contributed by atoms with Gasteiger partial charge in [-0.3, -0.25) is 14.6 Å². The van der Waals surface area contributed by atoms with Gasteiger partial charge in [-0.05, 0) is 49.9 Å². The van der Waals surface area contributed by atoms with Crippen LogP contribution >= 0.6 is 0 Å². The fourth-order valence-corrected chi connectivity index (χ4v) is 4.20. The number of aromatic nitrogens is 1. The van der Waals surface area contributed by atoms with Crippen molar-refractivity contribution in [2.45, 2.75) is 38.1 Å². The van der Waals surface area contributed by atoms with Crippen molar-refractivity contribution in [2.75, 3.05) is 25.0 Å². The minimum absolute atomic E-state index is 0.0354. The van der Waals surface area contributed by atoms with Gasteiger partial charge in [0, 0.05) is 54.7 Å². The molecule has 0 atom stereocenters. The highest BCUT2D eigenvalue weighted by Crippen LogP contribution is 2.33. The van der Waals surface area contributed by atoms with Crippen LogP contribution in [0.5, 0.6) is 0 Å². The SMILES string of the molecule is Cc1cc(C(=O)N2CCC3(CC2)CC(=O)NCCc2ccccc2N3)ccn1. The summed E-state index contributed by atoms with van der Waals surface area (Å²) < 4.78 is 0. The minimum Gasteiger partial charge on any atom is -0.379 e. The summed E-state index contributed by atoms with van der Waals surface area (Å²) in [6, 6.07) is 11.8. The summed E-state index contributed by atoms with van der Waals surface area (Å²) in [4.78, 5) is 31.4. The third-order valence-corrected chi connectivity index (χ3v) is 5.78. The Labute approximate surface area is 165 Å². The Morgan fingerprint density at radius 2 is 1.96 bits per heavy atom. The van der Waals surface area contributed by atoms with E-state index in [1.165, 1.54) is 5.56 Å². The van der Waals surface area contributed by atoms with Gasteiger partial charge in [-0.25, -0.2) is 0 Å². The van der Waals surface area contributed by atoms with Crippen molar-refractivity contribution in [3.05, 3.63) is 59.4 Å². The molecule has 0 bridgehead atoms. The molecule has 6 nitrogen and oxygen atoms in total. The van der Waals surface area contributed by atoms with Gasteiger partial charge in [0.1, 0.15) is 0 Å². The summed E-state index contributed by atoms with van der Waals surface area (Å²) in [5.41, 5.74) is 3.51. The lowest BCUT2D eigenvalue weighted by Gasteiger charge is -2.43. The summed E-state index contributed by atoms with van der Waals surface area (Å²) >= 11 is 0. The quantitative estimate of drug-likeness (QED) is 0.800. The molecule has 2 aliphatic rings. The lowest BCUT2D eigenvalue weighted by atomic mass is 9.83. The van der Waals surface area contributed by atoms with E-state index < -0.39 is 0 Å². The van der Waals surface area contributed by atoms with Gasteiger partial charge in [-0.2, -0.15) is 0 Å². The number of likely N-dealkylation sites (tertiary alicyclic amines) is 1. The molecule has 3 heterocycles. The molecule has 2 aromatic rings. The van der Waals surface area contributed by atoms with E-state index in [0.29, 0.717) is 31.6 Å². The zero-order chi connectivity index (χ0) is 19.6. The molecule has 4 rings (SSSR count). The van der Waals surface area contributed by atoms with Gasteiger partial charge in [-0.15, -0.1) is 0 Å². The van der Waals surface area contributed by atoms with Crippen molar-refractivity contribution in [2.24, 2.45) is 0 Å². The second-order valence-electron chi connectivity index (χ2n) is 7.82. The molecule has 1 aromatic heterocycles. The molecule has 6 heteroatoms. The third-order valence-electron chi connectivity index (χ3n) is 5.78. The van der Waals surface area contributed by atoms with Crippen molar-refractivity contribution < 1.29 is 9.59 Å². The number of para-hydroxylation sites is 1. The summed E-state index contributed by atoms with van der Waals surface area (Å²) in [5.74, 6) is 0.109. The zero-order valence-corrected chi connectivity index (χ0v) is 16.2. The van der Waals surface area contributed by atoms with Crippen LogP contribution in [0.2, 0.25) is 0 Å². The number of carbonyl (C=O) groups is 2. The molecule has 0 saturated carbocycles. The predicted octanol–water partition coefficient (Wildman–Crippen LogP) is 2.54. The van der Waals surface area contributed by atoms with Crippen molar-refractivity contribution in [1.82, 2.24) is 15.2 Å². The van der Waals surface area contributed by atoms with E-state index in [9.17, 15) is 9.59 Å². The number of piperidine rings is 1. The number of benzene rings is 1. The lowest BCUT2D eigenvalue weighted by molar-refractivity contribution is -0.122. The van der Waals surface area contributed by atoms with Gasteiger partial charge < -0.3 is 15.5 Å². The first-order valence-electron chi connectivity index (χ1n) is 9.89. The Bertz CT molecular complexity index is 888. The van der Waals surface area contributed by atoms with E-state index in [1.54, 1.807) is 12.3 Å². The second-order valence-corrected chi connectivity index (χ2v) is 7.82. The Balaban J connectivity index is 1.52. The van der Waals surface area contributed by atoms with E-state index in [4.69, 9.17) is 0 Å². The van der Waals surface area contributed by atoms with Crippen LogP contribution in [0, 0.1) is 6.92 Å². The molecule has 2 N–H and O–H groups in total. The lowest BCUT2D eigenvalue weighted by Crippen LogP contribution is -2.52. The van der Waals surface area contributed by atoms with Crippen LogP contribution in [0.3, 0.4) is 0 Å². The molecular formula is C22H26N4O2. The number of rotatable bonds is 1. The van der Waals surface area contributed by atoms with Gasteiger partial charge in [0.05, 0.1) is 0 Å². The number of carbonyl (C=O) groups excluding carboxylic acids is 2. The molecule has 146 valence electrons. The smallest absolute Gasteiger partial charge is 0.253 e. The molecule has 2 aliphatic heterocycles. The summed E-state index contributed by atoms with van der Waals surface area (Å²) in [7, 11) is 0. The van der Waals surface area contributed by atoms with Crippen LogP contribution in [-0.2, 0) is 11.2 Å². The van der Waals surface area contributed by atoms with Crippen molar-refractivity contribution in [3.8, 4) is 0 Å². The van der Waals surface area contributed by atoms with Gasteiger partial charge in [0.2, 0.25) is 5.91 Å².